The number of carbonyl (C=O) groups is 1. The average Bonchev–Trinajstić information content (AvgIpc) is 2.80. The monoisotopic (exact) mass is 296 g/mol. The maximum absolute atomic E-state index is 12.0. The van der Waals surface area contributed by atoms with Gasteiger partial charge >= 0.3 is 0 Å². The van der Waals surface area contributed by atoms with E-state index in [9.17, 15) is 14.1 Å². The largest absolute Gasteiger partial charge is 0.507 e. The Morgan fingerprint density at radius 3 is 2.84 bits per heavy atom. The lowest BCUT2D eigenvalue weighted by Crippen LogP contribution is -2.12. The lowest BCUT2D eigenvalue weighted by Gasteiger charge is -2.05. The zero-order chi connectivity index (χ0) is 14.0. The van der Waals surface area contributed by atoms with E-state index in [1.807, 2.05) is 6.92 Å². The molecule has 0 aliphatic heterocycles. The molecule has 19 heavy (non-hydrogen) atoms. The Bertz CT molecular complexity index is 652. The Morgan fingerprint density at radius 2 is 2.21 bits per heavy atom. The van der Waals surface area contributed by atoms with Crippen LogP contribution in [0.3, 0.4) is 0 Å². The van der Waals surface area contributed by atoms with E-state index in [4.69, 9.17) is 0 Å². The molecule has 5 nitrogen and oxygen atoms in total. The lowest BCUT2D eigenvalue weighted by atomic mass is 10.1. The van der Waals surface area contributed by atoms with Crippen LogP contribution in [0, 0.1) is 6.92 Å². The number of carbonyl (C=O) groups excluding carboxylic acids is 1. The van der Waals surface area contributed by atoms with Crippen molar-refractivity contribution in [3.05, 3.63) is 34.7 Å². The van der Waals surface area contributed by atoms with Crippen molar-refractivity contribution in [3.63, 3.8) is 0 Å². The average molecular weight is 296 g/mol. The second-order valence-electron chi connectivity index (χ2n) is 3.92. The zero-order valence-electron chi connectivity index (χ0n) is 10.3. The van der Waals surface area contributed by atoms with Crippen molar-refractivity contribution in [1.29, 1.82) is 0 Å². The highest BCUT2D eigenvalue weighted by Gasteiger charge is 2.14. The number of phenols is 1. The third-order valence-electron chi connectivity index (χ3n) is 2.39. The molecule has 0 bridgehead atoms. The van der Waals surface area contributed by atoms with Gasteiger partial charge in [0.2, 0.25) is 0 Å². The molecule has 2 rings (SSSR count). The van der Waals surface area contributed by atoms with Gasteiger partial charge in [-0.05, 0) is 19.1 Å². The number of hydrogen-bond donors (Lipinski definition) is 2. The van der Waals surface area contributed by atoms with Crippen molar-refractivity contribution in [2.75, 3.05) is 11.6 Å². The number of anilines is 1. The van der Waals surface area contributed by atoms with Crippen LogP contribution in [0.4, 0.5) is 5.13 Å². The molecule has 1 amide bonds. The number of nitrogens with zero attached hydrogens (tertiary/aromatic N) is 1. The van der Waals surface area contributed by atoms with Crippen molar-refractivity contribution in [2.45, 2.75) is 11.9 Å². The third kappa shape index (κ3) is 3.18. The van der Waals surface area contributed by atoms with Crippen LogP contribution in [0.2, 0.25) is 0 Å². The van der Waals surface area contributed by atoms with Crippen LogP contribution in [0.25, 0.3) is 0 Å². The van der Waals surface area contributed by atoms with Crippen molar-refractivity contribution >= 4 is 33.2 Å². The highest BCUT2D eigenvalue weighted by atomic mass is 32.2. The van der Waals surface area contributed by atoms with Crippen molar-refractivity contribution < 1.29 is 14.1 Å². The summed E-state index contributed by atoms with van der Waals surface area (Å²) in [6.45, 7) is 1.83. The molecule has 7 heteroatoms. The number of aryl methyl sites for hydroxylation is 1. The summed E-state index contributed by atoms with van der Waals surface area (Å²) in [4.78, 5) is 16.0. The van der Waals surface area contributed by atoms with Gasteiger partial charge < -0.3 is 5.11 Å². The van der Waals surface area contributed by atoms with Gasteiger partial charge in [0.15, 0.2) is 5.13 Å². The molecular formula is C12H12N2O3S2. The minimum absolute atomic E-state index is 0.0843. The molecule has 1 aromatic carbocycles. The second-order valence-corrected chi connectivity index (χ2v) is 6.10. The maximum atomic E-state index is 12.0. The van der Waals surface area contributed by atoms with E-state index < -0.39 is 16.7 Å². The molecule has 0 fully saturated rings. The van der Waals surface area contributed by atoms with Crippen LogP contribution in [0.5, 0.6) is 5.75 Å². The molecule has 0 saturated heterocycles. The number of benzene rings is 1. The lowest BCUT2D eigenvalue weighted by molar-refractivity contribution is 0.102. The molecule has 0 spiro atoms. The quantitative estimate of drug-likeness (QED) is 0.909. The van der Waals surface area contributed by atoms with E-state index in [1.54, 1.807) is 17.5 Å². The number of hydrogen-bond acceptors (Lipinski definition) is 5. The van der Waals surface area contributed by atoms with E-state index in [0.717, 1.165) is 5.56 Å². The molecule has 100 valence electrons. The molecule has 1 atom stereocenters. The molecule has 2 aromatic rings. The van der Waals surface area contributed by atoms with Crippen LogP contribution < -0.4 is 5.32 Å². The van der Waals surface area contributed by atoms with Gasteiger partial charge in [-0.25, -0.2) is 4.98 Å². The number of nitrogens with one attached hydrogen (secondary N) is 1. The predicted octanol–water partition coefficient (Wildman–Crippen LogP) is 2.15. The number of thiazole rings is 1. The first-order chi connectivity index (χ1) is 8.97. The van der Waals surface area contributed by atoms with Gasteiger partial charge in [-0.15, -0.1) is 11.3 Å². The summed E-state index contributed by atoms with van der Waals surface area (Å²) in [7, 11) is -1.18. The summed E-state index contributed by atoms with van der Waals surface area (Å²) in [5.74, 6) is -0.525. The van der Waals surface area contributed by atoms with Crippen molar-refractivity contribution in [3.8, 4) is 5.75 Å². The zero-order valence-corrected chi connectivity index (χ0v) is 12.0. The van der Waals surface area contributed by atoms with E-state index in [0.29, 0.717) is 10.2 Å². The van der Waals surface area contributed by atoms with Crippen LogP contribution in [0.1, 0.15) is 15.9 Å². The van der Waals surface area contributed by atoms with Crippen LogP contribution in [0.15, 0.2) is 28.6 Å². The fourth-order valence-electron chi connectivity index (χ4n) is 1.44. The first-order valence-corrected chi connectivity index (χ1v) is 7.81. The van der Waals surface area contributed by atoms with Gasteiger partial charge in [0.1, 0.15) is 10.8 Å². The van der Waals surface area contributed by atoms with E-state index in [2.05, 4.69) is 10.3 Å². The van der Waals surface area contributed by atoms with E-state index >= 15 is 0 Å². The summed E-state index contributed by atoms with van der Waals surface area (Å²) in [6, 6.07) is 4.78. The number of aromatic nitrogens is 1. The summed E-state index contributed by atoms with van der Waals surface area (Å²) >= 11 is 1.19. The van der Waals surface area contributed by atoms with Crippen LogP contribution >= 0.6 is 11.3 Å². The van der Waals surface area contributed by atoms with Crippen LogP contribution in [-0.2, 0) is 10.8 Å². The molecule has 1 aromatic heterocycles. The first-order valence-electron chi connectivity index (χ1n) is 5.37. The van der Waals surface area contributed by atoms with Crippen molar-refractivity contribution in [1.82, 2.24) is 4.98 Å². The minimum Gasteiger partial charge on any atom is -0.507 e. The van der Waals surface area contributed by atoms with Gasteiger partial charge in [0, 0.05) is 11.6 Å². The molecule has 1 heterocycles. The minimum atomic E-state index is -1.18. The summed E-state index contributed by atoms with van der Waals surface area (Å²) < 4.78 is 11.2. The smallest absolute Gasteiger partial charge is 0.261 e. The Morgan fingerprint density at radius 1 is 1.47 bits per heavy atom. The predicted molar refractivity (Wildman–Crippen MR) is 75.2 cm³/mol. The molecule has 0 aliphatic carbocycles. The van der Waals surface area contributed by atoms with Gasteiger partial charge in [-0.2, -0.15) is 0 Å². The van der Waals surface area contributed by atoms with E-state index in [-0.39, 0.29) is 11.3 Å². The Hall–Kier alpha value is -1.73. The fourth-order valence-corrected chi connectivity index (χ4v) is 2.98. The highest BCUT2D eigenvalue weighted by Crippen LogP contribution is 2.22. The standard InChI is InChI=1S/C12H12N2O3S2/c1-7-3-4-9(15)8(5-7)11(16)14-12-13-10(6-18-12)19(2)17/h3-6,15H,1-2H3,(H,13,14,16). The first kappa shape index (κ1) is 13.7. The molecule has 0 aliphatic rings. The molecule has 1 unspecified atom stereocenters. The highest BCUT2D eigenvalue weighted by molar-refractivity contribution is 7.84. The van der Waals surface area contributed by atoms with E-state index in [1.165, 1.54) is 23.7 Å². The van der Waals surface area contributed by atoms with Gasteiger partial charge in [-0.1, -0.05) is 11.6 Å². The Kier molecular flexibility index (Phi) is 3.96. The Labute approximate surface area is 116 Å². The van der Waals surface area contributed by atoms with Crippen LogP contribution in [-0.4, -0.2) is 26.5 Å². The summed E-state index contributed by atoms with van der Waals surface area (Å²) in [6.07, 6.45) is 1.52. The number of aromatic hydroxyl groups is 1. The molecule has 0 saturated carbocycles. The van der Waals surface area contributed by atoms with Gasteiger partial charge in [0.25, 0.3) is 5.91 Å². The molecule has 0 radical (unpaired) electrons. The third-order valence-corrected chi connectivity index (χ3v) is 4.10. The summed E-state index contributed by atoms with van der Waals surface area (Å²) in [5.41, 5.74) is 1.06. The molecular weight excluding hydrogens is 284 g/mol. The topological polar surface area (TPSA) is 79.3 Å². The van der Waals surface area contributed by atoms with Crippen molar-refractivity contribution in [2.24, 2.45) is 0 Å². The molecule has 2 N–H and O–H groups in total. The number of rotatable bonds is 3. The second kappa shape index (κ2) is 5.50. The fraction of sp³-hybridized carbons (Fsp3) is 0.167. The Balaban J connectivity index is 2.20. The van der Waals surface area contributed by atoms with Gasteiger partial charge in [-0.3, -0.25) is 14.3 Å². The SMILES string of the molecule is Cc1ccc(O)c(C(=O)Nc2nc(S(C)=O)cs2)c1. The summed E-state index contributed by atoms with van der Waals surface area (Å²) in [5, 5.41) is 14.6. The number of amides is 1. The number of phenolic OH excluding ortho intramolecular Hbond substituents is 1. The maximum Gasteiger partial charge on any atom is 0.261 e. The normalized spacial score (nSPS) is 12.1. The van der Waals surface area contributed by atoms with Gasteiger partial charge in [0.05, 0.1) is 16.4 Å².